The molecule has 0 radical (unpaired) electrons. The van der Waals surface area contributed by atoms with Gasteiger partial charge in [-0.1, -0.05) is 24.3 Å². The largest absolute Gasteiger partial charge is 0.465 e. The number of carbonyl (C=O) groups excluding carboxylic acids is 1. The lowest BCUT2D eigenvalue weighted by atomic mass is 9.87. The standard InChI is InChI=1S/C19H19N3O4S2/c1-21-10-14(9-20-21)16-12-22(11-13-5-3-4-6-15(13)16)28(24,25)17-7-8-27-18(17)19(23)26-2/h3-10,16H,11-12H2,1-2H3/t16-/m0/s1. The second kappa shape index (κ2) is 7.16. The van der Waals surface area contributed by atoms with Crippen molar-refractivity contribution < 1.29 is 17.9 Å². The number of methoxy groups -OCH3 is 1. The summed E-state index contributed by atoms with van der Waals surface area (Å²) in [6.45, 7) is 0.535. The van der Waals surface area contributed by atoms with Crippen LogP contribution < -0.4 is 0 Å². The maximum Gasteiger partial charge on any atom is 0.349 e. The van der Waals surface area contributed by atoms with Gasteiger partial charge in [0.25, 0.3) is 0 Å². The Bertz CT molecular complexity index is 1130. The summed E-state index contributed by atoms with van der Waals surface area (Å²) in [4.78, 5) is 12.1. The molecule has 3 aromatic rings. The third kappa shape index (κ3) is 3.15. The Morgan fingerprint density at radius 1 is 1.29 bits per heavy atom. The molecule has 146 valence electrons. The molecule has 0 bridgehead atoms. The van der Waals surface area contributed by atoms with Crippen molar-refractivity contribution in [3.63, 3.8) is 0 Å². The molecule has 1 aliphatic heterocycles. The number of nitrogens with zero attached hydrogens (tertiary/aromatic N) is 3. The van der Waals surface area contributed by atoms with E-state index < -0.39 is 16.0 Å². The number of hydrogen-bond acceptors (Lipinski definition) is 6. The van der Waals surface area contributed by atoms with Crippen LogP contribution in [0.2, 0.25) is 0 Å². The van der Waals surface area contributed by atoms with Crippen LogP contribution in [-0.4, -0.2) is 42.1 Å². The van der Waals surface area contributed by atoms with Gasteiger partial charge in [0.15, 0.2) is 0 Å². The number of carbonyl (C=O) groups is 1. The molecule has 4 rings (SSSR count). The highest BCUT2D eigenvalue weighted by Gasteiger charge is 2.36. The molecule has 7 nitrogen and oxygen atoms in total. The highest BCUT2D eigenvalue weighted by Crippen LogP contribution is 2.37. The number of rotatable bonds is 4. The van der Waals surface area contributed by atoms with E-state index in [1.54, 1.807) is 16.3 Å². The number of sulfonamides is 1. The van der Waals surface area contributed by atoms with Gasteiger partial charge in [-0.05, 0) is 28.1 Å². The topological polar surface area (TPSA) is 81.5 Å². The van der Waals surface area contributed by atoms with E-state index in [9.17, 15) is 13.2 Å². The minimum absolute atomic E-state index is 0.00586. The van der Waals surface area contributed by atoms with E-state index in [-0.39, 0.29) is 28.8 Å². The number of ether oxygens (including phenoxy) is 1. The van der Waals surface area contributed by atoms with Gasteiger partial charge in [0.2, 0.25) is 10.0 Å². The molecule has 1 aliphatic rings. The van der Waals surface area contributed by atoms with Crippen LogP contribution in [0.4, 0.5) is 0 Å². The molecule has 0 N–H and O–H groups in total. The fourth-order valence-electron chi connectivity index (χ4n) is 3.54. The first-order valence-electron chi connectivity index (χ1n) is 8.64. The van der Waals surface area contributed by atoms with Crippen LogP contribution in [0.15, 0.2) is 53.0 Å². The maximum atomic E-state index is 13.4. The van der Waals surface area contributed by atoms with Crippen molar-refractivity contribution in [1.82, 2.24) is 14.1 Å². The zero-order chi connectivity index (χ0) is 19.9. The van der Waals surface area contributed by atoms with Crippen molar-refractivity contribution >= 4 is 27.3 Å². The van der Waals surface area contributed by atoms with Gasteiger partial charge < -0.3 is 4.74 Å². The maximum absolute atomic E-state index is 13.4. The van der Waals surface area contributed by atoms with E-state index in [4.69, 9.17) is 4.74 Å². The highest BCUT2D eigenvalue weighted by atomic mass is 32.2. The molecule has 28 heavy (non-hydrogen) atoms. The van der Waals surface area contributed by atoms with Crippen molar-refractivity contribution in [2.45, 2.75) is 17.4 Å². The summed E-state index contributed by atoms with van der Waals surface area (Å²) in [5, 5.41) is 5.83. The zero-order valence-electron chi connectivity index (χ0n) is 15.4. The van der Waals surface area contributed by atoms with Crippen LogP contribution in [0.5, 0.6) is 0 Å². The molecule has 0 unspecified atom stereocenters. The third-order valence-electron chi connectivity index (χ3n) is 4.91. The number of esters is 1. The average molecular weight is 418 g/mol. The van der Waals surface area contributed by atoms with E-state index >= 15 is 0 Å². The van der Waals surface area contributed by atoms with Crippen LogP contribution in [0, 0.1) is 0 Å². The number of thiophene rings is 1. The van der Waals surface area contributed by atoms with Crippen molar-refractivity contribution in [2.24, 2.45) is 7.05 Å². The van der Waals surface area contributed by atoms with Crippen LogP contribution >= 0.6 is 11.3 Å². The van der Waals surface area contributed by atoms with Gasteiger partial charge >= 0.3 is 5.97 Å². The average Bonchev–Trinajstić information content (AvgIpc) is 3.36. The van der Waals surface area contributed by atoms with Crippen LogP contribution in [0.1, 0.15) is 32.3 Å². The summed E-state index contributed by atoms with van der Waals surface area (Å²) in [5.74, 6) is -0.775. The molecule has 1 aromatic carbocycles. The summed E-state index contributed by atoms with van der Waals surface area (Å²) in [5.41, 5.74) is 3.00. The van der Waals surface area contributed by atoms with Crippen molar-refractivity contribution in [2.75, 3.05) is 13.7 Å². The van der Waals surface area contributed by atoms with Gasteiger partial charge in [0.1, 0.15) is 9.77 Å². The third-order valence-corrected chi connectivity index (χ3v) is 7.79. The SMILES string of the molecule is COC(=O)c1sccc1S(=O)(=O)N1Cc2ccccc2[C@H](c2cnn(C)c2)C1. The monoisotopic (exact) mass is 417 g/mol. The quantitative estimate of drug-likeness (QED) is 0.610. The van der Waals surface area contributed by atoms with Gasteiger partial charge in [-0.2, -0.15) is 9.40 Å². The number of aromatic nitrogens is 2. The van der Waals surface area contributed by atoms with Crippen LogP contribution in [0.3, 0.4) is 0 Å². The van der Waals surface area contributed by atoms with Gasteiger partial charge in [0, 0.05) is 32.3 Å². The smallest absolute Gasteiger partial charge is 0.349 e. The van der Waals surface area contributed by atoms with E-state index in [2.05, 4.69) is 5.10 Å². The number of fused-ring (bicyclic) bond motifs is 1. The summed E-state index contributed by atoms with van der Waals surface area (Å²) in [6.07, 6.45) is 3.67. The van der Waals surface area contributed by atoms with Crippen molar-refractivity contribution in [3.05, 3.63) is 69.7 Å². The number of aryl methyl sites for hydroxylation is 1. The number of benzene rings is 1. The van der Waals surface area contributed by atoms with E-state index in [0.717, 1.165) is 28.0 Å². The number of hydrogen-bond donors (Lipinski definition) is 0. The molecule has 2 aromatic heterocycles. The Balaban J connectivity index is 1.77. The lowest BCUT2D eigenvalue weighted by molar-refractivity contribution is 0.0602. The molecule has 0 amide bonds. The highest BCUT2D eigenvalue weighted by molar-refractivity contribution is 7.89. The van der Waals surface area contributed by atoms with Gasteiger partial charge in [0.05, 0.1) is 13.3 Å². The molecule has 3 heterocycles. The molecule has 0 fully saturated rings. The van der Waals surface area contributed by atoms with Gasteiger partial charge in [-0.25, -0.2) is 13.2 Å². The van der Waals surface area contributed by atoms with Gasteiger partial charge in [-0.3, -0.25) is 4.68 Å². The summed E-state index contributed by atoms with van der Waals surface area (Å²) >= 11 is 1.07. The summed E-state index contributed by atoms with van der Waals surface area (Å²) in [7, 11) is -0.787. The first-order chi connectivity index (χ1) is 13.4. The first kappa shape index (κ1) is 18.9. The van der Waals surface area contributed by atoms with E-state index in [1.165, 1.54) is 17.5 Å². The second-order valence-corrected chi connectivity index (χ2v) is 9.42. The normalized spacial score (nSPS) is 17.3. The summed E-state index contributed by atoms with van der Waals surface area (Å²) < 4.78 is 34.7. The van der Waals surface area contributed by atoms with E-state index in [1.807, 2.05) is 37.5 Å². The minimum atomic E-state index is -3.87. The Morgan fingerprint density at radius 2 is 2.07 bits per heavy atom. The second-order valence-electron chi connectivity index (χ2n) is 6.60. The Labute approximate surface area is 167 Å². The molecular formula is C19H19N3O4S2. The fourth-order valence-corrected chi connectivity index (χ4v) is 6.28. The zero-order valence-corrected chi connectivity index (χ0v) is 17.0. The molecule has 0 spiro atoms. The molecule has 9 heteroatoms. The van der Waals surface area contributed by atoms with Crippen molar-refractivity contribution in [1.29, 1.82) is 0 Å². The van der Waals surface area contributed by atoms with E-state index in [0.29, 0.717) is 0 Å². The fraction of sp³-hybridized carbons (Fsp3) is 0.263. The molecule has 0 saturated carbocycles. The minimum Gasteiger partial charge on any atom is -0.465 e. The Morgan fingerprint density at radius 3 is 2.79 bits per heavy atom. The molecule has 0 aliphatic carbocycles. The molecule has 0 saturated heterocycles. The first-order valence-corrected chi connectivity index (χ1v) is 11.0. The molecule has 1 atom stereocenters. The molecular weight excluding hydrogens is 398 g/mol. The van der Waals surface area contributed by atoms with Crippen LogP contribution in [0.25, 0.3) is 0 Å². The van der Waals surface area contributed by atoms with Crippen molar-refractivity contribution in [3.8, 4) is 0 Å². The summed E-state index contributed by atoms with van der Waals surface area (Å²) in [6, 6.07) is 9.29. The van der Waals surface area contributed by atoms with Crippen LogP contribution in [-0.2, 0) is 28.4 Å². The van der Waals surface area contributed by atoms with Gasteiger partial charge in [-0.15, -0.1) is 11.3 Å². The lowest BCUT2D eigenvalue weighted by Crippen LogP contribution is -2.38. The Hall–Kier alpha value is -2.49. The Kier molecular flexibility index (Phi) is 4.82. The predicted octanol–water partition coefficient (Wildman–Crippen LogP) is 2.60. The lowest BCUT2D eigenvalue weighted by Gasteiger charge is -2.33. The predicted molar refractivity (Wildman–Crippen MR) is 105 cm³/mol.